The number of hydrogen-bond acceptors (Lipinski definition) is 5. The molecule has 6 nitrogen and oxygen atoms in total. The molecule has 3 rings (SSSR count). The van der Waals surface area contributed by atoms with Crippen LogP contribution in [0.2, 0.25) is 0 Å². The first kappa shape index (κ1) is 20.8. The number of alkyl halides is 3. The van der Waals surface area contributed by atoms with Crippen LogP contribution in [-0.4, -0.2) is 29.2 Å². The Kier molecular flexibility index (Phi) is 6.86. The van der Waals surface area contributed by atoms with E-state index in [0.29, 0.717) is 48.5 Å². The Balaban J connectivity index is 1.55. The number of aliphatic imine (C=N–C) groups is 1. The SMILES string of the molecule is CCNC(=NCc1cc(-c2ccccc2)on1)NCCc1nc(C(F)(F)F)cs1. The van der Waals surface area contributed by atoms with E-state index in [0.717, 1.165) is 22.3 Å². The minimum absolute atomic E-state index is 0.307. The van der Waals surface area contributed by atoms with Crippen LogP contribution >= 0.6 is 11.3 Å². The molecule has 3 aromatic rings. The van der Waals surface area contributed by atoms with Gasteiger partial charge in [0.15, 0.2) is 17.4 Å². The van der Waals surface area contributed by atoms with Crippen molar-refractivity contribution in [1.82, 2.24) is 20.8 Å². The first-order valence-corrected chi connectivity index (χ1v) is 9.88. The van der Waals surface area contributed by atoms with Gasteiger partial charge in [-0.2, -0.15) is 13.2 Å². The van der Waals surface area contributed by atoms with E-state index in [-0.39, 0.29) is 0 Å². The lowest BCUT2D eigenvalue weighted by Crippen LogP contribution is -2.38. The molecule has 29 heavy (non-hydrogen) atoms. The molecule has 0 bridgehead atoms. The Bertz CT molecular complexity index is 937. The van der Waals surface area contributed by atoms with Crippen molar-refractivity contribution >= 4 is 17.3 Å². The van der Waals surface area contributed by atoms with E-state index >= 15 is 0 Å². The van der Waals surface area contributed by atoms with Gasteiger partial charge in [-0.05, 0) is 6.92 Å². The lowest BCUT2D eigenvalue weighted by atomic mass is 10.2. The smallest absolute Gasteiger partial charge is 0.357 e. The van der Waals surface area contributed by atoms with Crippen molar-refractivity contribution in [1.29, 1.82) is 0 Å². The highest BCUT2D eigenvalue weighted by molar-refractivity contribution is 7.09. The summed E-state index contributed by atoms with van der Waals surface area (Å²) in [6.07, 6.45) is -4.04. The zero-order chi connectivity index (χ0) is 20.7. The molecule has 1 aromatic carbocycles. The number of thiazole rings is 1. The molecule has 0 unspecified atom stereocenters. The Morgan fingerprint density at radius 2 is 2.00 bits per heavy atom. The van der Waals surface area contributed by atoms with Crippen molar-refractivity contribution in [3.63, 3.8) is 0 Å². The predicted octanol–water partition coefficient (Wildman–Crippen LogP) is 4.11. The zero-order valence-electron chi connectivity index (χ0n) is 15.7. The van der Waals surface area contributed by atoms with Crippen molar-refractivity contribution in [3.05, 3.63) is 58.2 Å². The van der Waals surface area contributed by atoms with Gasteiger partial charge < -0.3 is 15.2 Å². The first-order chi connectivity index (χ1) is 14.0. The standard InChI is InChI=1S/C19H20F3N5OS/c1-2-23-18(24-9-8-17-26-16(12-29-17)19(20,21)22)25-11-14-10-15(28-27-14)13-6-4-3-5-7-13/h3-7,10,12H,2,8-9,11H2,1H3,(H2,23,24,25). The fraction of sp³-hybridized carbons (Fsp3) is 0.316. The topological polar surface area (TPSA) is 75.3 Å². The van der Waals surface area contributed by atoms with Gasteiger partial charge in [0.1, 0.15) is 5.69 Å². The van der Waals surface area contributed by atoms with Crippen LogP contribution in [0.1, 0.15) is 23.3 Å². The van der Waals surface area contributed by atoms with Crippen LogP contribution in [0.15, 0.2) is 51.3 Å². The van der Waals surface area contributed by atoms with E-state index in [9.17, 15) is 13.2 Å². The maximum Gasteiger partial charge on any atom is 0.434 e. The third kappa shape index (κ3) is 6.05. The molecule has 0 saturated carbocycles. The molecule has 0 aliphatic heterocycles. The quantitative estimate of drug-likeness (QED) is 0.442. The van der Waals surface area contributed by atoms with Gasteiger partial charge in [-0.1, -0.05) is 35.5 Å². The Morgan fingerprint density at radius 1 is 1.21 bits per heavy atom. The molecule has 154 valence electrons. The van der Waals surface area contributed by atoms with Crippen molar-refractivity contribution in [2.75, 3.05) is 13.1 Å². The summed E-state index contributed by atoms with van der Waals surface area (Å²) < 4.78 is 43.2. The van der Waals surface area contributed by atoms with Crippen LogP contribution in [0.5, 0.6) is 0 Å². The zero-order valence-corrected chi connectivity index (χ0v) is 16.5. The third-order valence-corrected chi connectivity index (χ3v) is 4.74. The van der Waals surface area contributed by atoms with Gasteiger partial charge in [-0.25, -0.2) is 9.98 Å². The second-order valence-corrected chi connectivity index (χ2v) is 6.99. The highest BCUT2D eigenvalue weighted by atomic mass is 32.1. The van der Waals surface area contributed by atoms with E-state index < -0.39 is 11.9 Å². The number of rotatable bonds is 7. The molecular formula is C19H20F3N5OS. The van der Waals surface area contributed by atoms with E-state index in [2.05, 4.69) is 25.8 Å². The normalized spacial score (nSPS) is 12.2. The molecule has 2 aromatic heterocycles. The third-order valence-electron chi connectivity index (χ3n) is 3.83. The summed E-state index contributed by atoms with van der Waals surface area (Å²) >= 11 is 0.999. The molecule has 0 spiro atoms. The first-order valence-electron chi connectivity index (χ1n) is 9.00. The second-order valence-electron chi connectivity index (χ2n) is 6.04. The minimum atomic E-state index is -4.41. The van der Waals surface area contributed by atoms with Crippen molar-refractivity contribution in [3.8, 4) is 11.3 Å². The van der Waals surface area contributed by atoms with Crippen molar-refractivity contribution in [2.24, 2.45) is 4.99 Å². The molecule has 10 heteroatoms. The van der Waals surface area contributed by atoms with Gasteiger partial charge >= 0.3 is 6.18 Å². The molecule has 2 N–H and O–H groups in total. The summed E-state index contributed by atoms with van der Waals surface area (Å²) in [5.41, 5.74) is 0.760. The molecule has 0 amide bonds. The number of guanidine groups is 1. The van der Waals surface area contributed by atoms with Gasteiger partial charge in [0, 0.05) is 36.5 Å². The van der Waals surface area contributed by atoms with Crippen LogP contribution < -0.4 is 10.6 Å². The molecule has 0 aliphatic carbocycles. The number of halogens is 3. The molecule has 0 aliphatic rings. The van der Waals surface area contributed by atoms with Crippen LogP contribution in [0.4, 0.5) is 13.2 Å². The van der Waals surface area contributed by atoms with Gasteiger partial charge in [-0.15, -0.1) is 11.3 Å². The lowest BCUT2D eigenvalue weighted by Gasteiger charge is -2.10. The van der Waals surface area contributed by atoms with E-state index in [1.54, 1.807) is 0 Å². The lowest BCUT2D eigenvalue weighted by molar-refractivity contribution is -0.140. The second kappa shape index (κ2) is 9.55. The van der Waals surface area contributed by atoms with Crippen LogP contribution in [0.25, 0.3) is 11.3 Å². The summed E-state index contributed by atoms with van der Waals surface area (Å²) in [5, 5.41) is 11.7. The molecule has 2 heterocycles. The monoisotopic (exact) mass is 423 g/mol. The van der Waals surface area contributed by atoms with Gasteiger partial charge in [0.05, 0.1) is 11.6 Å². The van der Waals surface area contributed by atoms with Crippen molar-refractivity contribution in [2.45, 2.75) is 26.1 Å². The van der Waals surface area contributed by atoms with Gasteiger partial charge in [0.25, 0.3) is 0 Å². The van der Waals surface area contributed by atoms with Crippen LogP contribution in [0.3, 0.4) is 0 Å². The van der Waals surface area contributed by atoms with E-state index in [1.807, 2.05) is 43.3 Å². The molecule has 0 fully saturated rings. The van der Waals surface area contributed by atoms with Gasteiger partial charge in [0.2, 0.25) is 0 Å². The maximum absolute atomic E-state index is 12.6. The highest BCUT2D eigenvalue weighted by Gasteiger charge is 2.33. The number of nitrogens with one attached hydrogen (secondary N) is 2. The van der Waals surface area contributed by atoms with Gasteiger partial charge in [-0.3, -0.25) is 0 Å². The Labute approximate surface area is 169 Å². The summed E-state index contributed by atoms with van der Waals surface area (Å²) in [6.45, 7) is 3.29. The fourth-order valence-electron chi connectivity index (χ4n) is 2.47. The van der Waals surface area contributed by atoms with E-state index in [1.165, 1.54) is 0 Å². The molecule has 0 saturated heterocycles. The number of nitrogens with zero attached hydrogens (tertiary/aromatic N) is 3. The Hall–Kier alpha value is -2.88. The highest BCUT2D eigenvalue weighted by Crippen LogP contribution is 2.30. The fourth-order valence-corrected chi connectivity index (χ4v) is 3.28. The predicted molar refractivity (Wildman–Crippen MR) is 106 cm³/mol. The average Bonchev–Trinajstić information content (AvgIpc) is 3.36. The summed E-state index contributed by atoms with van der Waals surface area (Å²) in [7, 11) is 0. The molecule has 0 atom stereocenters. The molecular weight excluding hydrogens is 403 g/mol. The number of aromatic nitrogens is 2. The average molecular weight is 423 g/mol. The van der Waals surface area contributed by atoms with E-state index in [4.69, 9.17) is 4.52 Å². The van der Waals surface area contributed by atoms with Crippen LogP contribution in [-0.2, 0) is 19.1 Å². The largest absolute Gasteiger partial charge is 0.434 e. The maximum atomic E-state index is 12.6. The summed E-state index contributed by atoms with van der Waals surface area (Å²) in [5.74, 6) is 1.21. The summed E-state index contributed by atoms with van der Waals surface area (Å²) in [6, 6.07) is 11.5. The molecule has 0 radical (unpaired) electrons. The summed E-state index contributed by atoms with van der Waals surface area (Å²) in [4.78, 5) is 8.06. The van der Waals surface area contributed by atoms with Crippen LogP contribution in [0, 0.1) is 0 Å². The minimum Gasteiger partial charge on any atom is -0.357 e. The van der Waals surface area contributed by atoms with Crippen molar-refractivity contribution < 1.29 is 17.7 Å². The number of hydrogen-bond donors (Lipinski definition) is 2. The Morgan fingerprint density at radius 3 is 2.69 bits per heavy atom. The number of benzene rings is 1.